The van der Waals surface area contributed by atoms with Gasteiger partial charge in [-0.3, -0.25) is 19.2 Å². The minimum Gasteiger partial charge on any atom is -0.350 e. The normalized spacial score (nSPS) is 21.5. The maximum atomic E-state index is 13.4. The lowest BCUT2D eigenvalue weighted by Crippen LogP contribution is -2.56. The quantitative estimate of drug-likeness (QED) is 0.455. The van der Waals surface area contributed by atoms with Gasteiger partial charge in [0.25, 0.3) is 0 Å². The van der Waals surface area contributed by atoms with Crippen LogP contribution in [0, 0.1) is 17.8 Å². The fourth-order valence-corrected chi connectivity index (χ4v) is 4.28. The Balaban J connectivity index is 1.85. The van der Waals surface area contributed by atoms with Crippen LogP contribution >= 0.6 is 0 Å². The van der Waals surface area contributed by atoms with E-state index in [1.54, 1.807) is 6.92 Å². The minimum absolute atomic E-state index is 0.103. The van der Waals surface area contributed by atoms with Crippen molar-refractivity contribution in [2.24, 2.45) is 5.92 Å². The summed E-state index contributed by atoms with van der Waals surface area (Å²) in [6, 6.07) is 14.4. The number of hydrogen-bond acceptors (Lipinski definition) is 4. The van der Waals surface area contributed by atoms with Crippen LogP contribution in [0.15, 0.2) is 54.6 Å². The molecular weight excluding hydrogens is 492 g/mol. The summed E-state index contributed by atoms with van der Waals surface area (Å²) in [6.07, 6.45) is 1.96. The van der Waals surface area contributed by atoms with Gasteiger partial charge < -0.3 is 21.3 Å². The number of carbonyl (C=O) groups is 4. The van der Waals surface area contributed by atoms with Crippen LogP contribution in [0.5, 0.6) is 0 Å². The summed E-state index contributed by atoms with van der Waals surface area (Å²) in [5, 5.41) is 11.3. The lowest BCUT2D eigenvalue weighted by molar-refractivity contribution is -0.133. The Morgan fingerprint density at radius 2 is 1.62 bits per heavy atom. The van der Waals surface area contributed by atoms with E-state index in [9.17, 15) is 19.2 Å². The molecule has 0 unspecified atom stereocenters. The van der Waals surface area contributed by atoms with Crippen molar-refractivity contribution in [2.75, 3.05) is 0 Å². The van der Waals surface area contributed by atoms with Crippen LogP contribution < -0.4 is 21.3 Å². The average Bonchev–Trinajstić information content (AvgIpc) is 2.90. The van der Waals surface area contributed by atoms with E-state index in [1.807, 2.05) is 68.4 Å². The van der Waals surface area contributed by atoms with Crippen molar-refractivity contribution in [1.82, 2.24) is 21.3 Å². The van der Waals surface area contributed by atoms with Gasteiger partial charge in [0.15, 0.2) is 0 Å². The second-order valence-corrected chi connectivity index (χ2v) is 10.3. The molecule has 39 heavy (non-hydrogen) atoms. The van der Waals surface area contributed by atoms with Gasteiger partial charge in [0.1, 0.15) is 18.1 Å². The van der Waals surface area contributed by atoms with Crippen molar-refractivity contribution in [1.29, 1.82) is 0 Å². The highest BCUT2D eigenvalue weighted by atomic mass is 16.2. The number of carbonyl (C=O) groups excluding carboxylic acids is 4. The molecule has 1 heterocycles. The summed E-state index contributed by atoms with van der Waals surface area (Å²) >= 11 is 0. The van der Waals surface area contributed by atoms with Gasteiger partial charge in [-0.05, 0) is 48.9 Å². The first-order valence-corrected chi connectivity index (χ1v) is 13.5. The molecule has 1 aliphatic heterocycles. The Morgan fingerprint density at radius 3 is 2.36 bits per heavy atom. The molecule has 0 aromatic heterocycles. The van der Waals surface area contributed by atoms with Crippen molar-refractivity contribution in [2.45, 2.75) is 77.5 Å². The first-order valence-electron chi connectivity index (χ1n) is 13.5. The van der Waals surface area contributed by atoms with E-state index < -0.39 is 29.9 Å². The molecule has 206 valence electrons. The number of rotatable bonds is 4. The van der Waals surface area contributed by atoms with E-state index in [0.29, 0.717) is 25.8 Å². The maximum absolute atomic E-state index is 13.4. The van der Waals surface area contributed by atoms with E-state index in [4.69, 9.17) is 0 Å². The number of hydrogen-bond donors (Lipinski definition) is 4. The van der Waals surface area contributed by atoms with Crippen LogP contribution in [0.2, 0.25) is 0 Å². The van der Waals surface area contributed by atoms with Crippen molar-refractivity contribution in [3.63, 3.8) is 0 Å². The molecule has 8 nitrogen and oxygen atoms in total. The molecule has 3 rings (SSSR count). The number of benzene rings is 2. The molecule has 0 aliphatic carbocycles. The predicted octanol–water partition coefficient (Wildman–Crippen LogP) is 2.60. The van der Waals surface area contributed by atoms with Gasteiger partial charge in [-0.1, -0.05) is 68.2 Å². The third-order valence-corrected chi connectivity index (χ3v) is 6.36. The first-order chi connectivity index (χ1) is 18.7. The molecular formula is C31H38N4O4. The zero-order valence-corrected chi connectivity index (χ0v) is 22.9. The number of nitrogens with one attached hydrogen (secondary N) is 4. The molecule has 0 saturated heterocycles. The second-order valence-electron chi connectivity index (χ2n) is 10.3. The number of amides is 4. The maximum Gasteiger partial charge on any atom is 0.243 e. The molecule has 0 saturated carbocycles. The SMILES string of the molecule is CC(C)C[C@@H]1NC(=O)[C@H](Cc2ccccc2)NC(=O)CCCC#Cc2cccc(c2)CNC(=O)[C@H](C)NC1=O. The lowest BCUT2D eigenvalue weighted by Gasteiger charge is -2.25. The van der Waals surface area contributed by atoms with Crippen molar-refractivity contribution >= 4 is 23.6 Å². The van der Waals surface area contributed by atoms with Crippen molar-refractivity contribution in [3.8, 4) is 11.8 Å². The van der Waals surface area contributed by atoms with Crippen LogP contribution in [0.3, 0.4) is 0 Å². The van der Waals surface area contributed by atoms with Crippen LogP contribution in [-0.4, -0.2) is 41.8 Å². The topological polar surface area (TPSA) is 116 Å². The van der Waals surface area contributed by atoms with Gasteiger partial charge in [-0.15, -0.1) is 0 Å². The Labute approximate surface area is 230 Å². The van der Waals surface area contributed by atoms with Crippen LogP contribution in [0.25, 0.3) is 0 Å². The van der Waals surface area contributed by atoms with Crippen molar-refractivity contribution < 1.29 is 19.2 Å². The van der Waals surface area contributed by atoms with E-state index in [0.717, 1.165) is 16.7 Å². The monoisotopic (exact) mass is 530 g/mol. The number of fused-ring (bicyclic) bond motifs is 2. The third-order valence-electron chi connectivity index (χ3n) is 6.36. The molecule has 1 aliphatic rings. The summed E-state index contributed by atoms with van der Waals surface area (Å²) in [4.78, 5) is 52.1. The second kappa shape index (κ2) is 14.7. The minimum atomic E-state index is -0.861. The fourth-order valence-electron chi connectivity index (χ4n) is 4.28. The summed E-state index contributed by atoms with van der Waals surface area (Å²) in [7, 11) is 0. The smallest absolute Gasteiger partial charge is 0.243 e. The fraction of sp³-hybridized carbons (Fsp3) is 0.419. The van der Waals surface area contributed by atoms with Gasteiger partial charge in [-0.25, -0.2) is 0 Å². The molecule has 0 radical (unpaired) electrons. The summed E-state index contributed by atoms with van der Waals surface area (Å²) in [5.41, 5.74) is 2.59. The Kier molecular flexibility index (Phi) is 11.1. The molecule has 4 amide bonds. The lowest BCUT2D eigenvalue weighted by atomic mass is 10.0. The molecule has 4 N–H and O–H groups in total. The van der Waals surface area contributed by atoms with Gasteiger partial charge >= 0.3 is 0 Å². The van der Waals surface area contributed by atoms with E-state index in [-0.39, 0.29) is 30.6 Å². The highest BCUT2D eigenvalue weighted by Gasteiger charge is 2.29. The summed E-state index contributed by atoms with van der Waals surface area (Å²) < 4.78 is 0. The summed E-state index contributed by atoms with van der Waals surface area (Å²) in [6.45, 7) is 5.80. The third kappa shape index (κ3) is 9.93. The molecule has 2 aromatic carbocycles. The zero-order chi connectivity index (χ0) is 28.2. The van der Waals surface area contributed by atoms with Crippen molar-refractivity contribution in [3.05, 3.63) is 71.3 Å². The van der Waals surface area contributed by atoms with Gasteiger partial charge in [0.2, 0.25) is 23.6 Å². The van der Waals surface area contributed by atoms with E-state index >= 15 is 0 Å². The molecule has 8 heteroatoms. The zero-order valence-electron chi connectivity index (χ0n) is 22.9. The predicted molar refractivity (Wildman–Crippen MR) is 150 cm³/mol. The first kappa shape index (κ1) is 29.4. The Hall–Kier alpha value is -4.12. The van der Waals surface area contributed by atoms with Gasteiger partial charge in [0, 0.05) is 31.4 Å². The average molecular weight is 531 g/mol. The molecule has 0 spiro atoms. The Bertz CT molecular complexity index is 1220. The Morgan fingerprint density at radius 1 is 0.872 bits per heavy atom. The van der Waals surface area contributed by atoms with E-state index in [1.165, 1.54) is 0 Å². The molecule has 2 bridgehead atoms. The van der Waals surface area contributed by atoms with Gasteiger partial charge in [-0.2, -0.15) is 0 Å². The van der Waals surface area contributed by atoms with Gasteiger partial charge in [0.05, 0.1) is 0 Å². The van der Waals surface area contributed by atoms with E-state index in [2.05, 4.69) is 33.1 Å². The standard InChI is InChI=1S/C31H38N4O4/c1-21(2)17-26-30(38)33-22(3)29(37)32-20-25-15-10-14-23(18-25)11-8-5-9-16-28(36)34-27(31(39)35-26)19-24-12-6-4-7-13-24/h4,6-7,10,12-15,18,21-22,26-27H,5,9,16-17,19-20H2,1-3H3,(H,32,37)(H,33,38)(H,34,36)(H,35,39)/t22-,26-,27-/m0/s1. The molecule has 3 atom stereocenters. The van der Waals surface area contributed by atoms with Crippen LogP contribution in [-0.2, 0) is 32.1 Å². The summed E-state index contributed by atoms with van der Waals surface area (Å²) in [5.74, 6) is 4.82. The highest BCUT2D eigenvalue weighted by molar-refractivity contribution is 5.94. The van der Waals surface area contributed by atoms with Crippen LogP contribution in [0.4, 0.5) is 0 Å². The van der Waals surface area contributed by atoms with Crippen LogP contribution in [0.1, 0.15) is 63.1 Å². The molecule has 0 fully saturated rings. The largest absolute Gasteiger partial charge is 0.350 e. The highest BCUT2D eigenvalue weighted by Crippen LogP contribution is 2.10. The molecule has 2 aromatic rings.